The molecule has 5 nitrogen and oxygen atoms in total. The summed E-state index contributed by atoms with van der Waals surface area (Å²) in [5.74, 6) is -1.06. The maximum atomic E-state index is 12.0. The maximum absolute atomic E-state index is 12.0. The molecule has 0 saturated heterocycles. The molecule has 0 fully saturated rings. The predicted octanol–water partition coefficient (Wildman–Crippen LogP) is 1.94. The molecular formula is C15H21NO4. The van der Waals surface area contributed by atoms with Crippen molar-refractivity contribution < 1.29 is 19.4 Å². The van der Waals surface area contributed by atoms with E-state index in [2.05, 4.69) is 0 Å². The van der Waals surface area contributed by atoms with Gasteiger partial charge in [0.1, 0.15) is 5.75 Å². The molecule has 20 heavy (non-hydrogen) atoms. The SMILES string of the molecule is CCN(CC(C)C(=O)O)C(=O)COc1cccc(C)c1. The molecule has 1 N–H and O–H groups in total. The highest BCUT2D eigenvalue weighted by Crippen LogP contribution is 2.12. The Morgan fingerprint density at radius 2 is 2.10 bits per heavy atom. The van der Waals surface area contributed by atoms with E-state index in [4.69, 9.17) is 9.84 Å². The molecule has 1 aromatic carbocycles. The number of hydrogen-bond acceptors (Lipinski definition) is 3. The van der Waals surface area contributed by atoms with Crippen LogP contribution in [0.25, 0.3) is 0 Å². The van der Waals surface area contributed by atoms with Gasteiger partial charge >= 0.3 is 5.97 Å². The predicted molar refractivity (Wildman–Crippen MR) is 75.7 cm³/mol. The molecule has 0 saturated carbocycles. The van der Waals surface area contributed by atoms with Crippen LogP contribution in [0.3, 0.4) is 0 Å². The molecule has 1 atom stereocenters. The van der Waals surface area contributed by atoms with Crippen molar-refractivity contribution >= 4 is 11.9 Å². The van der Waals surface area contributed by atoms with Crippen LogP contribution in [-0.2, 0) is 9.59 Å². The number of benzene rings is 1. The molecule has 0 bridgehead atoms. The fourth-order valence-electron chi connectivity index (χ4n) is 1.76. The summed E-state index contributed by atoms with van der Waals surface area (Å²) >= 11 is 0. The molecule has 0 aliphatic heterocycles. The molecule has 5 heteroatoms. The average molecular weight is 279 g/mol. The summed E-state index contributed by atoms with van der Waals surface area (Å²) in [6.07, 6.45) is 0. The number of aryl methyl sites for hydroxylation is 1. The number of rotatable bonds is 7. The zero-order valence-electron chi connectivity index (χ0n) is 12.1. The summed E-state index contributed by atoms with van der Waals surface area (Å²) in [5, 5.41) is 8.88. The molecule has 0 aliphatic carbocycles. The second-order valence-electron chi connectivity index (χ2n) is 4.78. The standard InChI is InChI=1S/C15H21NO4/c1-4-16(9-12(3)15(18)19)14(17)10-20-13-7-5-6-11(2)8-13/h5-8,12H,4,9-10H2,1-3H3,(H,18,19). The van der Waals surface area contributed by atoms with Crippen LogP contribution in [0.1, 0.15) is 19.4 Å². The summed E-state index contributed by atoms with van der Waals surface area (Å²) in [5.41, 5.74) is 1.06. The van der Waals surface area contributed by atoms with E-state index in [1.165, 1.54) is 4.90 Å². The first-order chi connectivity index (χ1) is 9.43. The van der Waals surface area contributed by atoms with Gasteiger partial charge in [0.15, 0.2) is 6.61 Å². The van der Waals surface area contributed by atoms with Crippen molar-refractivity contribution in [2.24, 2.45) is 5.92 Å². The Bertz CT molecular complexity index is 473. The first-order valence-electron chi connectivity index (χ1n) is 6.64. The highest BCUT2D eigenvalue weighted by Gasteiger charge is 2.19. The first kappa shape index (κ1) is 16.0. The number of ether oxygens (including phenoxy) is 1. The zero-order valence-corrected chi connectivity index (χ0v) is 12.1. The van der Waals surface area contributed by atoms with Crippen LogP contribution in [0.5, 0.6) is 5.75 Å². The minimum Gasteiger partial charge on any atom is -0.484 e. The molecule has 0 heterocycles. The van der Waals surface area contributed by atoms with Gasteiger partial charge in [-0.05, 0) is 31.5 Å². The number of amides is 1. The highest BCUT2D eigenvalue weighted by molar-refractivity contribution is 5.78. The van der Waals surface area contributed by atoms with Gasteiger partial charge in [0.25, 0.3) is 5.91 Å². The van der Waals surface area contributed by atoms with Crippen molar-refractivity contribution in [3.63, 3.8) is 0 Å². The van der Waals surface area contributed by atoms with Crippen LogP contribution in [0, 0.1) is 12.8 Å². The lowest BCUT2D eigenvalue weighted by atomic mass is 10.1. The van der Waals surface area contributed by atoms with Gasteiger partial charge in [0.05, 0.1) is 5.92 Å². The number of carbonyl (C=O) groups is 2. The van der Waals surface area contributed by atoms with E-state index in [-0.39, 0.29) is 19.1 Å². The monoisotopic (exact) mass is 279 g/mol. The largest absolute Gasteiger partial charge is 0.484 e. The Morgan fingerprint density at radius 1 is 1.40 bits per heavy atom. The van der Waals surface area contributed by atoms with E-state index >= 15 is 0 Å². The van der Waals surface area contributed by atoms with Gasteiger partial charge in [0, 0.05) is 13.1 Å². The quantitative estimate of drug-likeness (QED) is 0.828. The zero-order chi connectivity index (χ0) is 15.1. The Labute approximate surface area is 119 Å². The molecular weight excluding hydrogens is 258 g/mol. The molecule has 1 aromatic rings. The second-order valence-corrected chi connectivity index (χ2v) is 4.78. The number of carboxylic acid groups (broad SMARTS) is 1. The van der Waals surface area contributed by atoms with Crippen molar-refractivity contribution in [3.05, 3.63) is 29.8 Å². The Hall–Kier alpha value is -2.04. The normalized spacial score (nSPS) is 11.8. The summed E-state index contributed by atoms with van der Waals surface area (Å²) in [6, 6.07) is 7.45. The van der Waals surface area contributed by atoms with Crippen LogP contribution < -0.4 is 4.74 Å². The number of aliphatic carboxylic acids is 1. The fourth-order valence-corrected chi connectivity index (χ4v) is 1.76. The number of carboxylic acids is 1. The molecule has 0 aliphatic rings. The topological polar surface area (TPSA) is 66.8 Å². The first-order valence-corrected chi connectivity index (χ1v) is 6.64. The van der Waals surface area contributed by atoms with Gasteiger partial charge < -0.3 is 14.7 Å². The lowest BCUT2D eigenvalue weighted by Crippen LogP contribution is -2.39. The summed E-state index contributed by atoms with van der Waals surface area (Å²) < 4.78 is 5.43. The van der Waals surface area contributed by atoms with Crippen molar-refractivity contribution in [3.8, 4) is 5.75 Å². The van der Waals surface area contributed by atoms with Crippen LogP contribution >= 0.6 is 0 Å². The van der Waals surface area contributed by atoms with Crippen LogP contribution in [-0.4, -0.2) is 41.6 Å². The molecule has 0 spiro atoms. The minimum absolute atomic E-state index is 0.0797. The van der Waals surface area contributed by atoms with E-state index in [0.29, 0.717) is 12.3 Å². The molecule has 1 amide bonds. The lowest BCUT2D eigenvalue weighted by Gasteiger charge is -2.22. The van der Waals surface area contributed by atoms with E-state index in [9.17, 15) is 9.59 Å². The van der Waals surface area contributed by atoms with Crippen molar-refractivity contribution in [2.75, 3.05) is 19.7 Å². The van der Waals surface area contributed by atoms with Crippen LogP contribution in [0.15, 0.2) is 24.3 Å². The maximum Gasteiger partial charge on any atom is 0.308 e. The van der Waals surface area contributed by atoms with Gasteiger partial charge in [-0.25, -0.2) is 0 Å². The molecule has 1 rings (SSSR count). The molecule has 1 unspecified atom stereocenters. The van der Waals surface area contributed by atoms with E-state index < -0.39 is 11.9 Å². The summed E-state index contributed by atoms with van der Waals surface area (Å²) in [6.45, 7) is 5.93. The molecule has 0 radical (unpaired) electrons. The fraction of sp³-hybridized carbons (Fsp3) is 0.467. The Morgan fingerprint density at radius 3 is 2.65 bits per heavy atom. The average Bonchev–Trinajstić information content (AvgIpc) is 2.41. The number of hydrogen-bond donors (Lipinski definition) is 1. The Kier molecular flexibility index (Phi) is 6.03. The smallest absolute Gasteiger partial charge is 0.308 e. The molecule has 110 valence electrons. The van der Waals surface area contributed by atoms with E-state index in [1.807, 2.05) is 32.0 Å². The number of nitrogens with zero attached hydrogens (tertiary/aromatic N) is 1. The van der Waals surface area contributed by atoms with Crippen molar-refractivity contribution in [1.29, 1.82) is 0 Å². The number of likely N-dealkylation sites (N-methyl/N-ethyl adjacent to an activating group) is 1. The van der Waals surface area contributed by atoms with Gasteiger partial charge in [-0.3, -0.25) is 9.59 Å². The third-order valence-corrected chi connectivity index (χ3v) is 3.00. The van der Waals surface area contributed by atoms with E-state index in [1.54, 1.807) is 13.0 Å². The van der Waals surface area contributed by atoms with E-state index in [0.717, 1.165) is 5.56 Å². The Balaban J connectivity index is 2.53. The van der Waals surface area contributed by atoms with Gasteiger partial charge in [0.2, 0.25) is 0 Å². The molecule has 0 aromatic heterocycles. The number of carbonyl (C=O) groups excluding carboxylic acids is 1. The van der Waals surface area contributed by atoms with Gasteiger partial charge in [-0.15, -0.1) is 0 Å². The second kappa shape index (κ2) is 7.53. The van der Waals surface area contributed by atoms with Gasteiger partial charge in [-0.2, -0.15) is 0 Å². The van der Waals surface area contributed by atoms with Crippen LogP contribution in [0.2, 0.25) is 0 Å². The van der Waals surface area contributed by atoms with Crippen LogP contribution in [0.4, 0.5) is 0 Å². The third-order valence-electron chi connectivity index (χ3n) is 3.00. The van der Waals surface area contributed by atoms with Crippen molar-refractivity contribution in [2.45, 2.75) is 20.8 Å². The van der Waals surface area contributed by atoms with Crippen molar-refractivity contribution in [1.82, 2.24) is 4.90 Å². The highest BCUT2D eigenvalue weighted by atomic mass is 16.5. The lowest BCUT2D eigenvalue weighted by molar-refractivity contribution is -0.143. The summed E-state index contributed by atoms with van der Waals surface area (Å²) in [4.78, 5) is 24.3. The van der Waals surface area contributed by atoms with Gasteiger partial charge in [-0.1, -0.05) is 19.1 Å². The summed E-state index contributed by atoms with van der Waals surface area (Å²) in [7, 11) is 0. The third kappa shape index (κ3) is 4.91. The minimum atomic E-state index is -0.907.